The average Bonchev–Trinajstić information content (AvgIpc) is 2.93. The molecule has 0 bridgehead atoms. The first kappa shape index (κ1) is 13.5. The summed E-state index contributed by atoms with van der Waals surface area (Å²) in [5, 5.41) is 6.16. The second-order valence-corrected chi connectivity index (χ2v) is 5.10. The van der Waals surface area contributed by atoms with E-state index in [2.05, 4.69) is 10.6 Å². The maximum atomic E-state index is 12.4. The lowest BCUT2D eigenvalue weighted by Crippen LogP contribution is -2.28. The molecule has 1 aliphatic heterocycles. The van der Waals surface area contributed by atoms with Crippen LogP contribution in [0.5, 0.6) is 5.75 Å². The Balaban J connectivity index is 1.79. The molecule has 5 nitrogen and oxygen atoms in total. The number of hydrogen-bond acceptors (Lipinski definition) is 4. The molecule has 0 saturated heterocycles. The predicted molar refractivity (Wildman–Crippen MR) is 79.8 cm³/mol. The number of hydrogen-bond donors (Lipinski definition) is 2. The van der Waals surface area contributed by atoms with Crippen molar-refractivity contribution in [1.82, 2.24) is 5.32 Å². The van der Waals surface area contributed by atoms with Crippen LogP contribution in [0.4, 0.5) is 5.69 Å². The summed E-state index contributed by atoms with van der Waals surface area (Å²) in [7, 11) is 0. The summed E-state index contributed by atoms with van der Waals surface area (Å²) in [5.41, 5.74) is 1.39. The van der Waals surface area contributed by atoms with Crippen molar-refractivity contribution < 1.29 is 13.9 Å². The zero-order valence-corrected chi connectivity index (χ0v) is 12.1. The molecule has 1 atom stereocenters. The number of carbonyl (C=O) groups is 1. The Hall–Kier alpha value is -2.43. The quantitative estimate of drug-likeness (QED) is 0.910. The van der Waals surface area contributed by atoms with Crippen LogP contribution in [-0.4, -0.2) is 19.1 Å². The normalized spacial score (nSPS) is 14.6. The molecule has 3 rings (SSSR count). The number of fused-ring (bicyclic) bond motifs is 1. The molecule has 0 saturated carbocycles. The van der Waals surface area contributed by atoms with Crippen LogP contribution >= 0.6 is 0 Å². The van der Waals surface area contributed by atoms with E-state index < -0.39 is 0 Å². The Bertz CT molecular complexity index is 663. The summed E-state index contributed by atoms with van der Waals surface area (Å²) in [4.78, 5) is 12.4. The molecule has 1 amide bonds. The van der Waals surface area contributed by atoms with Crippen molar-refractivity contribution in [3.63, 3.8) is 0 Å². The molecule has 1 unspecified atom stereocenters. The smallest absolute Gasteiger partial charge is 0.255 e. The first-order valence-electron chi connectivity index (χ1n) is 7.02. The fourth-order valence-electron chi connectivity index (χ4n) is 2.38. The summed E-state index contributed by atoms with van der Waals surface area (Å²) >= 11 is 0. The lowest BCUT2D eigenvalue weighted by atomic mass is 10.1. The molecular weight excluding hydrogens is 268 g/mol. The van der Waals surface area contributed by atoms with Gasteiger partial charge in [0, 0.05) is 6.54 Å². The molecule has 5 heteroatoms. The van der Waals surface area contributed by atoms with Crippen molar-refractivity contribution in [3.8, 4) is 5.75 Å². The summed E-state index contributed by atoms with van der Waals surface area (Å²) in [6.45, 7) is 5.08. The number of rotatable bonds is 3. The van der Waals surface area contributed by atoms with E-state index in [0.29, 0.717) is 17.9 Å². The molecule has 1 aromatic carbocycles. The van der Waals surface area contributed by atoms with Gasteiger partial charge in [-0.2, -0.15) is 0 Å². The van der Waals surface area contributed by atoms with Crippen molar-refractivity contribution in [1.29, 1.82) is 0 Å². The molecule has 110 valence electrons. The van der Waals surface area contributed by atoms with Gasteiger partial charge in [0.2, 0.25) is 0 Å². The average molecular weight is 286 g/mol. The van der Waals surface area contributed by atoms with E-state index in [1.807, 2.05) is 38.1 Å². The zero-order chi connectivity index (χ0) is 14.8. The highest BCUT2D eigenvalue weighted by Crippen LogP contribution is 2.31. The van der Waals surface area contributed by atoms with Gasteiger partial charge in [-0.1, -0.05) is 6.07 Å². The van der Waals surface area contributed by atoms with Crippen LogP contribution in [0.3, 0.4) is 0 Å². The minimum absolute atomic E-state index is 0.169. The number of aryl methyl sites for hydroxylation is 1. The largest absolute Gasteiger partial charge is 0.489 e. The van der Waals surface area contributed by atoms with Gasteiger partial charge in [-0.05, 0) is 38.1 Å². The monoisotopic (exact) mass is 286 g/mol. The van der Waals surface area contributed by atoms with Crippen LogP contribution in [-0.2, 0) is 0 Å². The Morgan fingerprint density at radius 2 is 2.19 bits per heavy atom. The van der Waals surface area contributed by atoms with Crippen LogP contribution < -0.4 is 15.4 Å². The maximum Gasteiger partial charge on any atom is 0.255 e. The number of ether oxygens (including phenoxy) is 1. The van der Waals surface area contributed by atoms with Gasteiger partial charge in [0.15, 0.2) is 5.75 Å². The number of para-hydroxylation sites is 1. The van der Waals surface area contributed by atoms with Crippen LogP contribution in [0.1, 0.15) is 34.8 Å². The molecule has 2 N–H and O–H groups in total. The second kappa shape index (κ2) is 5.52. The summed E-state index contributed by atoms with van der Waals surface area (Å²) in [5.74, 6) is 2.02. The van der Waals surface area contributed by atoms with Crippen molar-refractivity contribution >= 4 is 11.6 Å². The van der Waals surface area contributed by atoms with Gasteiger partial charge in [-0.25, -0.2) is 0 Å². The van der Waals surface area contributed by atoms with Gasteiger partial charge < -0.3 is 19.8 Å². The topological polar surface area (TPSA) is 63.5 Å². The molecule has 21 heavy (non-hydrogen) atoms. The minimum atomic E-state index is -0.196. The highest BCUT2D eigenvalue weighted by molar-refractivity contribution is 5.99. The van der Waals surface area contributed by atoms with Gasteiger partial charge >= 0.3 is 0 Å². The Kier molecular flexibility index (Phi) is 3.56. The lowest BCUT2D eigenvalue weighted by Gasteiger charge is -2.22. The van der Waals surface area contributed by atoms with Crippen LogP contribution in [0.25, 0.3) is 0 Å². The molecular formula is C16H18N2O3. The first-order chi connectivity index (χ1) is 10.1. The van der Waals surface area contributed by atoms with E-state index >= 15 is 0 Å². The Morgan fingerprint density at radius 3 is 2.95 bits per heavy atom. The van der Waals surface area contributed by atoms with Crippen molar-refractivity contribution in [2.45, 2.75) is 19.9 Å². The van der Waals surface area contributed by atoms with E-state index in [-0.39, 0.29) is 11.9 Å². The highest BCUT2D eigenvalue weighted by Gasteiger charge is 2.21. The Labute approximate surface area is 123 Å². The van der Waals surface area contributed by atoms with Gasteiger partial charge in [0.25, 0.3) is 5.91 Å². The molecule has 1 aromatic heterocycles. The first-order valence-corrected chi connectivity index (χ1v) is 7.02. The fraction of sp³-hybridized carbons (Fsp3) is 0.312. The van der Waals surface area contributed by atoms with Gasteiger partial charge in [-0.3, -0.25) is 4.79 Å². The fourth-order valence-corrected chi connectivity index (χ4v) is 2.38. The van der Waals surface area contributed by atoms with E-state index in [1.54, 1.807) is 6.07 Å². The molecule has 0 aliphatic carbocycles. The second-order valence-electron chi connectivity index (χ2n) is 5.10. The number of furan rings is 1. The third kappa shape index (κ3) is 2.72. The summed E-state index contributed by atoms with van der Waals surface area (Å²) in [6, 6.07) is 9.08. The number of benzene rings is 1. The molecule has 0 radical (unpaired) electrons. The minimum Gasteiger partial charge on any atom is -0.489 e. The lowest BCUT2D eigenvalue weighted by molar-refractivity contribution is 0.0931. The van der Waals surface area contributed by atoms with Crippen LogP contribution in [0, 0.1) is 6.92 Å². The van der Waals surface area contributed by atoms with E-state index in [1.165, 1.54) is 0 Å². The van der Waals surface area contributed by atoms with Crippen molar-refractivity contribution in [2.75, 3.05) is 18.5 Å². The summed E-state index contributed by atoms with van der Waals surface area (Å²) < 4.78 is 11.2. The third-order valence-electron chi connectivity index (χ3n) is 3.46. The predicted octanol–water partition coefficient (Wildman–Crippen LogP) is 2.88. The van der Waals surface area contributed by atoms with Crippen LogP contribution in [0.2, 0.25) is 0 Å². The molecule has 1 aliphatic rings. The SMILES string of the molecule is Cc1ccc(C(C)NC(=O)c2cccc3c2OCCN3)o1. The van der Waals surface area contributed by atoms with E-state index in [9.17, 15) is 4.79 Å². The zero-order valence-electron chi connectivity index (χ0n) is 12.1. The molecule has 2 aromatic rings. The number of amides is 1. The third-order valence-corrected chi connectivity index (χ3v) is 3.46. The molecule has 0 fully saturated rings. The van der Waals surface area contributed by atoms with Crippen LogP contribution in [0.15, 0.2) is 34.7 Å². The van der Waals surface area contributed by atoms with E-state index in [4.69, 9.17) is 9.15 Å². The van der Waals surface area contributed by atoms with Gasteiger partial charge in [0.1, 0.15) is 18.1 Å². The van der Waals surface area contributed by atoms with E-state index in [0.717, 1.165) is 23.8 Å². The van der Waals surface area contributed by atoms with Gasteiger partial charge in [-0.15, -0.1) is 0 Å². The van der Waals surface area contributed by atoms with Crippen molar-refractivity contribution in [2.24, 2.45) is 0 Å². The Morgan fingerprint density at radius 1 is 1.33 bits per heavy atom. The molecule has 2 heterocycles. The summed E-state index contributed by atoms with van der Waals surface area (Å²) in [6.07, 6.45) is 0. The standard InChI is InChI=1S/C16H18N2O3/c1-10-6-7-14(21-10)11(2)18-16(19)12-4-3-5-13-15(12)20-9-8-17-13/h3-7,11,17H,8-9H2,1-2H3,(H,18,19). The molecule has 0 spiro atoms. The number of nitrogens with one attached hydrogen (secondary N) is 2. The number of anilines is 1. The highest BCUT2D eigenvalue weighted by atomic mass is 16.5. The van der Waals surface area contributed by atoms with Crippen molar-refractivity contribution in [3.05, 3.63) is 47.4 Å². The van der Waals surface area contributed by atoms with Gasteiger partial charge in [0.05, 0.1) is 17.3 Å². The maximum absolute atomic E-state index is 12.4. The number of carbonyl (C=O) groups excluding carboxylic acids is 1.